The summed E-state index contributed by atoms with van der Waals surface area (Å²) in [4.78, 5) is 21.8. The smallest absolute Gasteiger partial charge is 0.319 e. The number of fused-ring (bicyclic) bond motifs is 4. The number of nitrogens with zero attached hydrogens (tertiary/aromatic N) is 4. The van der Waals surface area contributed by atoms with Crippen molar-refractivity contribution in [3.05, 3.63) is 40.4 Å². The topological polar surface area (TPSA) is 117 Å². The molecule has 12 heteroatoms. The molecule has 2 unspecified atom stereocenters. The number of carbonyl (C=O) groups excluding carboxylic acids is 1. The second-order valence-electron chi connectivity index (χ2n) is 9.05. The number of aromatic nitrogens is 2. The van der Waals surface area contributed by atoms with Crippen molar-refractivity contribution < 1.29 is 18.3 Å². The Bertz CT molecular complexity index is 1630. The Balaban J connectivity index is 1.61. The summed E-state index contributed by atoms with van der Waals surface area (Å²) < 4.78 is 36.5. The van der Waals surface area contributed by atoms with Crippen molar-refractivity contribution in [1.82, 2.24) is 15.3 Å². The minimum atomic E-state index is -0.776. The lowest BCUT2D eigenvalue weighted by Crippen LogP contribution is -2.51. The molecule has 2 aromatic heterocycles. The average Bonchev–Trinajstić information content (AvgIpc) is 3.41. The molecule has 2 saturated heterocycles. The van der Waals surface area contributed by atoms with Crippen LogP contribution in [0, 0.1) is 23.0 Å². The molecule has 0 saturated carbocycles. The Morgan fingerprint density at radius 3 is 2.76 bits per heavy atom. The SMILES string of the molecule is N#Cc1c(N)sc2c(F)ccc(-c3c(Cl)cc4c(N5CC6CCC(C5)N6)nc(OCC=O)nc4c3F)c12. The van der Waals surface area contributed by atoms with Crippen LogP contribution < -0.4 is 20.7 Å². The number of hydrogen-bond acceptors (Lipinski definition) is 9. The number of thiophene rings is 1. The van der Waals surface area contributed by atoms with Gasteiger partial charge in [0.25, 0.3) is 0 Å². The number of nitrogen functional groups attached to an aromatic ring is 1. The van der Waals surface area contributed by atoms with Crippen molar-refractivity contribution in [3.63, 3.8) is 0 Å². The normalized spacial score (nSPS) is 18.9. The van der Waals surface area contributed by atoms with Gasteiger partial charge in [-0.25, -0.2) is 8.78 Å². The van der Waals surface area contributed by atoms with E-state index in [0.29, 0.717) is 30.6 Å². The fourth-order valence-electron chi connectivity index (χ4n) is 5.30. The first kappa shape index (κ1) is 23.8. The first-order chi connectivity index (χ1) is 17.9. The van der Waals surface area contributed by atoms with Crippen molar-refractivity contribution in [3.8, 4) is 23.2 Å². The van der Waals surface area contributed by atoms with Gasteiger partial charge in [0.1, 0.15) is 34.8 Å². The zero-order valence-corrected chi connectivity index (χ0v) is 20.8. The minimum Gasteiger partial charge on any atom is -0.456 e. The molecule has 4 aromatic rings. The zero-order valence-electron chi connectivity index (χ0n) is 19.2. The molecule has 0 radical (unpaired) electrons. The Labute approximate surface area is 218 Å². The van der Waals surface area contributed by atoms with Gasteiger partial charge < -0.3 is 20.7 Å². The molecule has 6 rings (SSSR count). The van der Waals surface area contributed by atoms with E-state index in [0.717, 1.165) is 24.2 Å². The van der Waals surface area contributed by atoms with Gasteiger partial charge in [-0.3, -0.25) is 4.79 Å². The second-order valence-corrected chi connectivity index (χ2v) is 10.5. The van der Waals surface area contributed by atoms with Crippen molar-refractivity contribution in [2.75, 3.05) is 30.3 Å². The number of carbonyl (C=O) groups is 1. The predicted octanol–water partition coefficient (Wildman–Crippen LogP) is 4.42. The number of anilines is 2. The number of aldehydes is 1. The Hall–Kier alpha value is -3.59. The summed E-state index contributed by atoms with van der Waals surface area (Å²) in [7, 11) is 0. The van der Waals surface area contributed by atoms with Crippen molar-refractivity contribution in [2.24, 2.45) is 0 Å². The largest absolute Gasteiger partial charge is 0.456 e. The molecule has 2 aliphatic rings. The molecule has 2 aromatic carbocycles. The third-order valence-corrected chi connectivity index (χ3v) is 8.16. The second kappa shape index (κ2) is 9.06. The van der Waals surface area contributed by atoms with Crippen LogP contribution in [0.2, 0.25) is 5.02 Å². The van der Waals surface area contributed by atoms with Crippen molar-refractivity contribution in [1.29, 1.82) is 5.26 Å². The maximum Gasteiger partial charge on any atom is 0.319 e. The van der Waals surface area contributed by atoms with Crippen LogP contribution >= 0.6 is 22.9 Å². The molecule has 2 atom stereocenters. The molecule has 2 aliphatic heterocycles. The van der Waals surface area contributed by atoms with E-state index in [4.69, 9.17) is 22.1 Å². The molecule has 2 bridgehead atoms. The fourth-order valence-corrected chi connectivity index (χ4v) is 6.54. The summed E-state index contributed by atoms with van der Waals surface area (Å²) >= 11 is 7.60. The molecule has 4 heterocycles. The molecule has 0 spiro atoms. The molecule has 3 N–H and O–H groups in total. The van der Waals surface area contributed by atoms with E-state index < -0.39 is 11.6 Å². The number of nitriles is 1. The first-order valence-electron chi connectivity index (χ1n) is 11.6. The van der Waals surface area contributed by atoms with Gasteiger partial charge in [0.2, 0.25) is 0 Å². The summed E-state index contributed by atoms with van der Waals surface area (Å²) in [5.74, 6) is -0.892. The van der Waals surface area contributed by atoms with Crippen molar-refractivity contribution in [2.45, 2.75) is 24.9 Å². The van der Waals surface area contributed by atoms with Crippen LogP contribution in [0.5, 0.6) is 6.01 Å². The lowest BCUT2D eigenvalue weighted by atomic mass is 9.97. The average molecular weight is 541 g/mol. The highest BCUT2D eigenvalue weighted by molar-refractivity contribution is 7.23. The predicted molar refractivity (Wildman–Crippen MR) is 138 cm³/mol. The number of ether oxygens (including phenoxy) is 1. The van der Waals surface area contributed by atoms with Crippen LogP contribution in [0.15, 0.2) is 18.2 Å². The van der Waals surface area contributed by atoms with Gasteiger partial charge >= 0.3 is 6.01 Å². The van der Waals surface area contributed by atoms with Crippen LogP contribution in [-0.2, 0) is 4.79 Å². The highest BCUT2D eigenvalue weighted by Gasteiger charge is 2.34. The van der Waals surface area contributed by atoms with Gasteiger partial charge in [0.05, 0.1) is 15.3 Å². The lowest BCUT2D eigenvalue weighted by Gasteiger charge is -2.34. The highest BCUT2D eigenvalue weighted by Crippen LogP contribution is 2.45. The maximum atomic E-state index is 16.4. The van der Waals surface area contributed by atoms with E-state index in [1.54, 1.807) is 6.07 Å². The van der Waals surface area contributed by atoms with Crippen LogP contribution in [0.3, 0.4) is 0 Å². The van der Waals surface area contributed by atoms with E-state index in [2.05, 4.69) is 20.2 Å². The van der Waals surface area contributed by atoms with Gasteiger partial charge in [-0.05, 0) is 30.5 Å². The van der Waals surface area contributed by atoms with Crippen LogP contribution in [0.1, 0.15) is 18.4 Å². The summed E-state index contributed by atoms with van der Waals surface area (Å²) in [6, 6.07) is 6.55. The molecule has 37 heavy (non-hydrogen) atoms. The monoisotopic (exact) mass is 540 g/mol. The van der Waals surface area contributed by atoms with Gasteiger partial charge in [-0.1, -0.05) is 17.7 Å². The Morgan fingerprint density at radius 2 is 2.05 bits per heavy atom. The highest BCUT2D eigenvalue weighted by atomic mass is 35.5. The molecular weight excluding hydrogens is 522 g/mol. The van der Waals surface area contributed by atoms with Crippen LogP contribution in [0.25, 0.3) is 32.1 Å². The van der Waals surface area contributed by atoms with E-state index in [9.17, 15) is 14.4 Å². The van der Waals surface area contributed by atoms with E-state index in [1.165, 1.54) is 12.1 Å². The summed E-state index contributed by atoms with van der Waals surface area (Å²) in [5, 5.41) is 14.0. The third-order valence-electron chi connectivity index (χ3n) is 6.84. The zero-order chi connectivity index (χ0) is 25.8. The van der Waals surface area contributed by atoms with Crippen LogP contribution in [-0.4, -0.2) is 48.0 Å². The number of piperazine rings is 1. The molecule has 0 aliphatic carbocycles. The molecular formula is C25H19ClF2N6O2S. The number of nitrogens with two attached hydrogens (primary N) is 1. The number of benzene rings is 2. The maximum absolute atomic E-state index is 16.4. The van der Waals surface area contributed by atoms with Gasteiger partial charge in [0, 0.05) is 41.5 Å². The van der Waals surface area contributed by atoms with Gasteiger partial charge in [-0.2, -0.15) is 15.2 Å². The molecule has 8 nitrogen and oxygen atoms in total. The summed E-state index contributed by atoms with van der Waals surface area (Å²) in [6.07, 6.45) is 2.62. The van der Waals surface area contributed by atoms with Crippen LogP contribution in [0.4, 0.5) is 19.6 Å². The minimum absolute atomic E-state index is 0.0418. The van der Waals surface area contributed by atoms with E-state index in [1.807, 2.05) is 6.07 Å². The molecule has 188 valence electrons. The van der Waals surface area contributed by atoms with Gasteiger partial charge in [0.15, 0.2) is 12.1 Å². The van der Waals surface area contributed by atoms with Gasteiger partial charge in [-0.15, -0.1) is 11.3 Å². The van der Waals surface area contributed by atoms with E-state index in [-0.39, 0.29) is 67.0 Å². The number of nitrogens with one attached hydrogen (secondary N) is 1. The number of rotatable bonds is 5. The summed E-state index contributed by atoms with van der Waals surface area (Å²) in [5.41, 5.74) is 6.15. The molecule has 2 fully saturated rings. The molecule has 0 amide bonds. The first-order valence-corrected chi connectivity index (χ1v) is 12.8. The lowest BCUT2D eigenvalue weighted by molar-refractivity contribution is -0.109. The van der Waals surface area contributed by atoms with Crippen molar-refractivity contribution >= 4 is 61.0 Å². The third kappa shape index (κ3) is 3.83. The summed E-state index contributed by atoms with van der Waals surface area (Å²) in [6.45, 7) is 1.03. The number of hydrogen-bond donors (Lipinski definition) is 2. The number of halogens is 3. The fraction of sp³-hybridized carbons (Fsp3) is 0.280. The van der Waals surface area contributed by atoms with E-state index >= 15 is 4.39 Å². The quantitative estimate of drug-likeness (QED) is 0.357. The standard InChI is InChI=1S/C25H19ClF2N6O2S/c26-16-7-14-21(20(28)19(16)13-3-4-17(27)22-18(13)15(8-29)23(30)37-22)32-25(36-6-5-35)33-24(14)34-9-11-1-2-12(10-34)31-11/h3-5,7,11-12,31H,1-2,6,9-10,30H2. The Morgan fingerprint density at radius 1 is 1.30 bits per heavy atom. The Kier molecular flexibility index (Phi) is 5.82.